The van der Waals surface area contributed by atoms with Gasteiger partial charge in [0.2, 0.25) is 0 Å². The van der Waals surface area contributed by atoms with Crippen LogP contribution in [0.3, 0.4) is 0 Å². The number of para-hydroxylation sites is 2. The van der Waals surface area contributed by atoms with Crippen LogP contribution in [0.25, 0.3) is 11.1 Å². The summed E-state index contributed by atoms with van der Waals surface area (Å²) in [7, 11) is 0. The first-order chi connectivity index (χ1) is 8.31. The third-order valence-electron chi connectivity index (χ3n) is 2.61. The number of nitrogens with zero attached hydrogens (tertiary/aromatic N) is 1. The Morgan fingerprint density at radius 1 is 1.00 bits per heavy atom. The van der Waals surface area contributed by atoms with E-state index in [1.807, 2.05) is 36.4 Å². The molecule has 0 amide bonds. The molecule has 0 atom stereocenters. The molecule has 0 bridgehead atoms. The van der Waals surface area contributed by atoms with Crippen LogP contribution in [0.4, 0.5) is 0 Å². The van der Waals surface area contributed by atoms with E-state index in [0.717, 1.165) is 27.9 Å². The number of oxazole rings is 1. The summed E-state index contributed by atoms with van der Waals surface area (Å²) in [6.45, 7) is 0. The maximum Gasteiger partial charge on any atom is 0.199 e. The molecular weight excluding hydrogens is 278 g/mol. The van der Waals surface area contributed by atoms with Crippen LogP contribution in [-0.4, -0.2) is 4.98 Å². The minimum Gasteiger partial charge on any atom is -0.440 e. The first-order valence-electron chi connectivity index (χ1n) is 5.40. The van der Waals surface area contributed by atoms with Gasteiger partial charge in [-0.3, -0.25) is 0 Å². The molecule has 0 unspecified atom stereocenters. The molecular formula is C14H10BrNO. The van der Waals surface area contributed by atoms with Gasteiger partial charge in [0.1, 0.15) is 5.52 Å². The molecule has 3 heteroatoms. The second-order valence-corrected chi connectivity index (χ2v) is 4.79. The highest BCUT2D eigenvalue weighted by Crippen LogP contribution is 2.18. The van der Waals surface area contributed by atoms with Gasteiger partial charge < -0.3 is 4.42 Å². The van der Waals surface area contributed by atoms with E-state index in [0.29, 0.717) is 0 Å². The highest BCUT2D eigenvalue weighted by atomic mass is 79.9. The fourth-order valence-electron chi connectivity index (χ4n) is 1.77. The number of halogens is 1. The second kappa shape index (κ2) is 4.34. The molecule has 0 N–H and O–H groups in total. The van der Waals surface area contributed by atoms with Gasteiger partial charge >= 0.3 is 0 Å². The van der Waals surface area contributed by atoms with E-state index in [-0.39, 0.29) is 0 Å². The summed E-state index contributed by atoms with van der Waals surface area (Å²) in [5, 5.41) is 0. The van der Waals surface area contributed by atoms with Crippen LogP contribution in [0.15, 0.2) is 57.4 Å². The Bertz CT molecular complexity index is 610. The van der Waals surface area contributed by atoms with Gasteiger partial charge in [-0.1, -0.05) is 40.2 Å². The minimum atomic E-state index is 0.724. The minimum absolute atomic E-state index is 0.724. The van der Waals surface area contributed by atoms with E-state index in [1.165, 1.54) is 5.56 Å². The van der Waals surface area contributed by atoms with Crippen LogP contribution in [0, 0.1) is 0 Å². The third-order valence-corrected chi connectivity index (χ3v) is 3.14. The summed E-state index contributed by atoms with van der Waals surface area (Å²) in [5.74, 6) is 0.758. The van der Waals surface area contributed by atoms with Crippen molar-refractivity contribution in [1.82, 2.24) is 4.98 Å². The van der Waals surface area contributed by atoms with Gasteiger partial charge in [0.25, 0.3) is 0 Å². The fourth-order valence-corrected chi connectivity index (χ4v) is 2.04. The summed E-state index contributed by atoms with van der Waals surface area (Å²) < 4.78 is 6.76. The van der Waals surface area contributed by atoms with Crippen molar-refractivity contribution in [3.8, 4) is 0 Å². The number of rotatable bonds is 2. The van der Waals surface area contributed by atoms with E-state index >= 15 is 0 Å². The summed E-state index contributed by atoms with van der Waals surface area (Å²) in [6, 6.07) is 16.0. The van der Waals surface area contributed by atoms with E-state index in [9.17, 15) is 0 Å². The normalized spacial score (nSPS) is 10.9. The van der Waals surface area contributed by atoms with Gasteiger partial charge in [-0.2, -0.15) is 0 Å². The SMILES string of the molecule is Brc1ccc(Cc2nc3ccccc3o2)cc1. The molecule has 0 aliphatic rings. The zero-order valence-electron chi connectivity index (χ0n) is 9.06. The van der Waals surface area contributed by atoms with E-state index in [1.54, 1.807) is 0 Å². The molecule has 0 fully saturated rings. The predicted octanol–water partition coefficient (Wildman–Crippen LogP) is 4.18. The van der Waals surface area contributed by atoms with Gasteiger partial charge in [0.15, 0.2) is 11.5 Å². The van der Waals surface area contributed by atoms with Crippen molar-refractivity contribution < 1.29 is 4.42 Å². The summed E-state index contributed by atoms with van der Waals surface area (Å²) in [6.07, 6.45) is 0.724. The zero-order chi connectivity index (χ0) is 11.7. The van der Waals surface area contributed by atoms with Crippen LogP contribution in [0.1, 0.15) is 11.5 Å². The summed E-state index contributed by atoms with van der Waals surface area (Å²) >= 11 is 3.42. The quantitative estimate of drug-likeness (QED) is 0.707. The molecule has 1 aromatic heterocycles. The molecule has 1 heterocycles. The first kappa shape index (κ1) is 10.5. The molecule has 2 nitrogen and oxygen atoms in total. The van der Waals surface area contributed by atoms with Crippen LogP contribution >= 0.6 is 15.9 Å². The van der Waals surface area contributed by atoms with Crippen LogP contribution < -0.4 is 0 Å². The lowest BCUT2D eigenvalue weighted by Gasteiger charge is -1.96. The predicted molar refractivity (Wildman–Crippen MR) is 71.0 cm³/mol. The molecule has 0 spiro atoms. The average molecular weight is 288 g/mol. The van der Waals surface area contributed by atoms with Crippen molar-refractivity contribution in [3.05, 3.63) is 64.5 Å². The van der Waals surface area contributed by atoms with Crippen molar-refractivity contribution in [1.29, 1.82) is 0 Å². The van der Waals surface area contributed by atoms with Crippen molar-refractivity contribution in [2.24, 2.45) is 0 Å². The molecule has 0 aliphatic carbocycles. The largest absolute Gasteiger partial charge is 0.440 e. The summed E-state index contributed by atoms with van der Waals surface area (Å²) in [4.78, 5) is 4.45. The van der Waals surface area contributed by atoms with Crippen molar-refractivity contribution >= 4 is 27.0 Å². The van der Waals surface area contributed by atoms with Crippen LogP contribution in [0.5, 0.6) is 0 Å². The first-order valence-corrected chi connectivity index (χ1v) is 6.19. The van der Waals surface area contributed by atoms with Gasteiger partial charge in [-0.05, 0) is 29.8 Å². The summed E-state index contributed by atoms with van der Waals surface area (Å²) in [5.41, 5.74) is 2.96. The van der Waals surface area contributed by atoms with Gasteiger partial charge in [0.05, 0.1) is 0 Å². The van der Waals surface area contributed by atoms with Gasteiger partial charge in [-0.15, -0.1) is 0 Å². The van der Waals surface area contributed by atoms with Crippen LogP contribution in [-0.2, 0) is 6.42 Å². The Hall–Kier alpha value is -1.61. The molecule has 17 heavy (non-hydrogen) atoms. The highest BCUT2D eigenvalue weighted by Gasteiger charge is 2.05. The molecule has 84 valence electrons. The maximum absolute atomic E-state index is 5.68. The number of hydrogen-bond acceptors (Lipinski definition) is 2. The Labute approximate surface area is 107 Å². The lowest BCUT2D eigenvalue weighted by Crippen LogP contribution is -1.87. The maximum atomic E-state index is 5.68. The fraction of sp³-hybridized carbons (Fsp3) is 0.0714. The second-order valence-electron chi connectivity index (χ2n) is 3.88. The van der Waals surface area contributed by atoms with Crippen molar-refractivity contribution in [3.63, 3.8) is 0 Å². The number of fused-ring (bicyclic) bond motifs is 1. The molecule has 3 aromatic rings. The molecule has 0 saturated carbocycles. The number of hydrogen-bond donors (Lipinski definition) is 0. The Balaban J connectivity index is 1.92. The third kappa shape index (κ3) is 2.24. The van der Waals surface area contributed by atoms with E-state index < -0.39 is 0 Å². The highest BCUT2D eigenvalue weighted by molar-refractivity contribution is 9.10. The van der Waals surface area contributed by atoms with E-state index in [2.05, 4.69) is 33.0 Å². The zero-order valence-corrected chi connectivity index (χ0v) is 10.6. The van der Waals surface area contributed by atoms with Crippen LogP contribution in [0.2, 0.25) is 0 Å². The van der Waals surface area contributed by atoms with Crippen molar-refractivity contribution in [2.75, 3.05) is 0 Å². The molecule has 0 aliphatic heterocycles. The topological polar surface area (TPSA) is 26.0 Å². The van der Waals surface area contributed by atoms with Gasteiger partial charge in [0, 0.05) is 10.9 Å². The molecule has 0 radical (unpaired) electrons. The average Bonchev–Trinajstić information content (AvgIpc) is 2.74. The van der Waals surface area contributed by atoms with Crippen molar-refractivity contribution in [2.45, 2.75) is 6.42 Å². The lowest BCUT2D eigenvalue weighted by atomic mass is 10.1. The molecule has 0 saturated heterocycles. The molecule has 3 rings (SSSR count). The number of benzene rings is 2. The van der Waals surface area contributed by atoms with E-state index in [4.69, 9.17) is 4.42 Å². The smallest absolute Gasteiger partial charge is 0.199 e. The van der Waals surface area contributed by atoms with Gasteiger partial charge in [-0.25, -0.2) is 4.98 Å². The Morgan fingerprint density at radius 2 is 1.76 bits per heavy atom. The molecule has 2 aromatic carbocycles. The lowest BCUT2D eigenvalue weighted by molar-refractivity contribution is 0.544. The Kier molecular flexibility index (Phi) is 2.69. The Morgan fingerprint density at radius 3 is 2.53 bits per heavy atom. The monoisotopic (exact) mass is 287 g/mol. The standard InChI is InChI=1S/C14H10BrNO/c15-11-7-5-10(6-8-11)9-14-16-12-3-1-2-4-13(12)17-14/h1-8H,9H2. The number of aromatic nitrogens is 1.